The number of hydrogen-bond donors (Lipinski definition) is 0. The van der Waals surface area contributed by atoms with Crippen LogP contribution in [0.15, 0.2) is 106 Å². The summed E-state index contributed by atoms with van der Waals surface area (Å²) in [6, 6.07) is 27.2. The average molecular weight is 1050 g/mol. The van der Waals surface area contributed by atoms with Gasteiger partial charge in [-0.3, -0.25) is 13.6 Å². The van der Waals surface area contributed by atoms with E-state index in [0.29, 0.717) is 11.1 Å². The van der Waals surface area contributed by atoms with E-state index in [-0.39, 0.29) is 15.4 Å². The molecule has 1 saturated heterocycles. The zero-order valence-corrected chi connectivity index (χ0v) is 42.4. The molecule has 63 heavy (non-hydrogen) atoms. The summed E-state index contributed by atoms with van der Waals surface area (Å²) in [4.78, 5) is 10.2. The fraction of sp³-hybridized carbons (Fsp3) is 0.478. The highest BCUT2D eigenvalue weighted by Gasteiger charge is 2.62. The van der Waals surface area contributed by atoms with Crippen LogP contribution in [0.25, 0.3) is 0 Å². The first-order valence-electron chi connectivity index (χ1n) is 20.2. The zero-order valence-electron chi connectivity index (χ0n) is 37.4. The fourth-order valence-corrected chi connectivity index (χ4v) is 12.1. The van der Waals surface area contributed by atoms with Gasteiger partial charge in [-0.2, -0.15) is 17.6 Å². The zero-order chi connectivity index (χ0) is 47.2. The largest absolute Gasteiger partial charge is 0.457 e. The van der Waals surface area contributed by atoms with Crippen LogP contribution < -0.4 is 0 Å². The maximum absolute atomic E-state index is 16.7. The molecular weight excluding hydrogens is 994 g/mol. The van der Waals surface area contributed by atoms with Gasteiger partial charge in [0.25, 0.3) is 0 Å². The van der Waals surface area contributed by atoms with Crippen molar-refractivity contribution in [3.63, 3.8) is 0 Å². The van der Waals surface area contributed by atoms with Gasteiger partial charge in [0, 0.05) is 20.1 Å². The molecule has 4 aromatic rings. The number of hydrogen-bond acceptors (Lipinski definition) is 9. The maximum Gasteiger partial charge on any atom is 0.457 e. The molecule has 1 heterocycles. The predicted molar refractivity (Wildman–Crippen MR) is 242 cm³/mol. The first kappa shape index (κ1) is 51.7. The molecular formula is C46H56Br2F4O9P2. The Bertz CT molecular complexity index is 2280. The minimum atomic E-state index is -5.53. The van der Waals surface area contributed by atoms with Gasteiger partial charge in [0.1, 0.15) is 0 Å². The van der Waals surface area contributed by atoms with Crippen LogP contribution in [0.5, 0.6) is 0 Å². The van der Waals surface area contributed by atoms with E-state index in [2.05, 4.69) is 31.9 Å². The van der Waals surface area contributed by atoms with E-state index in [1.807, 2.05) is 60.7 Å². The van der Waals surface area contributed by atoms with Gasteiger partial charge in [0.05, 0.1) is 40.0 Å². The van der Waals surface area contributed by atoms with E-state index in [1.165, 1.54) is 113 Å². The third kappa shape index (κ3) is 11.7. The van der Waals surface area contributed by atoms with Gasteiger partial charge in [-0.15, -0.1) is 9.35 Å². The van der Waals surface area contributed by atoms with Crippen LogP contribution in [0, 0.1) is 0 Å². The summed E-state index contributed by atoms with van der Waals surface area (Å²) in [5.41, 5.74) is -12.8. The minimum absolute atomic E-state index is 0.0666. The molecule has 17 heteroatoms. The van der Waals surface area contributed by atoms with E-state index in [9.17, 15) is 9.13 Å². The van der Waals surface area contributed by atoms with E-state index in [4.69, 9.17) is 32.9 Å². The summed E-state index contributed by atoms with van der Waals surface area (Å²) in [7, 11) is -10.7. The molecule has 0 N–H and O–H groups in total. The van der Waals surface area contributed by atoms with Crippen molar-refractivity contribution in [3.8, 4) is 0 Å². The lowest BCUT2D eigenvalue weighted by Crippen LogP contribution is -2.53. The molecule has 3 atom stereocenters. The normalized spacial score (nSPS) is 19.5. The standard InChI is InChI=1S/C46H56Br2F4O9P2/c1-40(2,3)56-60-63(54,61-57-41(4,5)6)46(51,52)34-25-23-30(27-36(34)47)29-44(33-21-17-14-18-22-33)38(31-19-15-13-16-20-31)55-39(44)32-24-26-35(37(48)28-32)45(49,50)62(53,58-42(7,8)9)59-43(10,11)12/h13-28,38-39H,29H2,1-12H3. The molecule has 0 amide bonds. The van der Waals surface area contributed by atoms with Crippen LogP contribution in [-0.2, 0) is 65.2 Å². The van der Waals surface area contributed by atoms with Crippen LogP contribution in [0.1, 0.15) is 129 Å². The summed E-state index contributed by atoms with van der Waals surface area (Å²) in [5, 5.41) is 0. The summed E-state index contributed by atoms with van der Waals surface area (Å²) < 4.78 is 122. The quantitative estimate of drug-likeness (QED) is 0.0499. The molecule has 4 aromatic carbocycles. The lowest BCUT2D eigenvalue weighted by atomic mass is 9.60. The fourth-order valence-electron chi connectivity index (χ4n) is 6.93. The Hall–Kier alpha value is -2.26. The first-order valence-corrected chi connectivity index (χ1v) is 24.9. The highest BCUT2D eigenvalue weighted by molar-refractivity contribution is 9.10. The van der Waals surface area contributed by atoms with Crippen molar-refractivity contribution in [3.05, 3.63) is 139 Å². The summed E-state index contributed by atoms with van der Waals surface area (Å²) >= 11 is 6.69. The molecule has 0 saturated carbocycles. The van der Waals surface area contributed by atoms with E-state index < -0.39 is 77.7 Å². The van der Waals surface area contributed by atoms with Gasteiger partial charge < -0.3 is 4.74 Å². The Kier molecular flexibility index (Phi) is 15.1. The Morgan fingerprint density at radius 2 is 0.984 bits per heavy atom. The summed E-state index contributed by atoms with van der Waals surface area (Å²) in [5.74, 6) is 0. The molecule has 1 aliphatic rings. The Balaban J connectivity index is 1.63. The van der Waals surface area contributed by atoms with Crippen LogP contribution in [-0.4, -0.2) is 22.4 Å². The van der Waals surface area contributed by atoms with Gasteiger partial charge in [-0.05, 0) is 124 Å². The smallest absolute Gasteiger partial charge is 0.363 e. The average Bonchev–Trinajstić information content (AvgIpc) is 3.13. The highest BCUT2D eigenvalue weighted by atomic mass is 79.9. The molecule has 1 aliphatic heterocycles. The number of halogens is 6. The molecule has 1 fully saturated rings. The van der Waals surface area contributed by atoms with Crippen molar-refractivity contribution in [2.24, 2.45) is 0 Å². The summed E-state index contributed by atoms with van der Waals surface area (Å²) in [6.45, 7) is 18.3. The molecule has 5 rings (SSSR count). The van der Waals surface area contributed by atoms with E-state index in [0.717, 1.165) is 17.2 Å². The van der Waals surface area contributed by atoms with Crippen LogP contribution in [0.3, 0.4) is 0 Å². The molecule has 9 nitrogen and oxygen atoms in total. The van der Waals surface area contributed by atoms with Crippen LogP contribution in [0.2, 0.25) is 0 Å². The third-order valence-corrected chi connectivity index (χ3v) is 14.6. The second kappa shape index (κ2) is 18.4. The van der Waals surface area contributed by atoms with E-state index >= 15 is 17.6 Å². The summed E-state index contributed by atoms with van der Waals surface area (Å²) in [6.07, 6.45) is -1.23. The van der Waals surface area contributed by atoms with Crippen molar-refractivity contribution in [2.75, 3.05) is 0 Å². The molecule has 0 aromatic heterocycles. The second-order valence-corrected chi connectivity index (χ2v) is 25.0. The van der Waals surface area contributed by atoms with Crippen molar-refractivity contribution in [1.82, 2.24) is 0 Å². The Morgan fingerprint density at radius 1 is 0.556 bits per heavy atom. The van der Waals surface area contributed by atoms with Gasteiger partial charge >= 0.3 is 26.5 Å². The molecule has 0 spiro atoms. The Morgan fingerprint density at radius 3 is 1.43 bits per heavy atom. The van der Waals surface area contributed by atoms with E-state index in [1.54, 1.807) is 0 Å². The third-order valence-electron chi connectivity index (χ3n) is 9.34. The highest BCUT2D eigenvalue weighted by Crippen LogP contribution is 2.72. The van der Waals surface area contributed by atoms with Crippen molar-refractivity contribution < 1.29 is 59.6 Å². The topological polar surface area (TPSA) is 98.8 Å². The van der Waals surface area contributed by atoms with Crippen molar-refractivity contribution in [1.29, 1.82) is 0 Å². The lowest BCUT2D eigenvalue weighted by molar-refractivity contribution is -0.334. The maximum atomic E-state index is 16.7. The number of benzene rings is 4. The van der Waals surface area contributed by atoms with Crippen LogP contribution >= 0.6 is 47.1 Å². The number of ether oxygens (including phenoxy) is 1. The Labute approximate surface area is 385 Å². The SMILES string of the molecule is CC(C)(C)OOP(=O)(OOC(C)(C)C)C(F)(F)c1ccc(CC2(c3ccccc3)C(c3ccccc3)OC2c2ccc(C(F)(F)P(=O)(OC(C)(C)C)OC(C)(C)C)c(Br)c2)cc1Br. The van der Waals surface area contributed by atoms with Gasteiger partial charge in [0.15, 0.2) is 0 Å². The number of alkyl halides is 4. The van der Waals surface area contributed by atoms with Gasteiger partial charge in [-0.1, -0.05) is 117 Å². The molecule has 0 bridgehead atoms. The first-order chi connectivity index (χ1) is 28.7. The molecule has 3 unspecified atom stereocenters. The van der Waals surface area contributed by atoms with Crippen molar-refractivity contribution in [2.45, 2.75) is 141 Å². The van der Waals surface area contributed by atoms with Crippen molar-refractivity contribution >= 4 is 47.1 Å². The van der Waals surface area contributed by atoms with Gasteiger partial charge in [0.2, 0.25) is 0 Å². The minimum Gasteiger partial charge on any atom is -0.363 e. The van der Waals surface area contributed by atoms with Gasteiger partial charge in [-0.25, -0.2) is 14.3 Å². The second-order valence-electron chi connectivity index (χ2n) is 19.5. The number of rotatable bonds is 15. The molecule has 0 aliphatic carbocycles. The predicted octanol–water partition coefficient (Wildman–Crippen LogP) is 15.8. The monoisotopic (exact) mass is 1050 g/mol. The lowest BCUT2D eigenvalue weighted by Gasteiger charge is -2.57. The molecule has 0 radical (unpaired) electrons. The molecule has 346 valence electrons. The van der Waals surface area contributed by atoms with Crippen LogP contribution in [0.4, 0.5) is 17.6 Å².